The van der Waals surface area contributed by atoms with Gasteiger partial charge in [0.15, 0.2) is 0 Å². The lowest BCUT2D eigenvalue weighted by Crippen LogP contribution is -2.29. The van der Waals surface area contributed by atoms with Crippen molar-refractivity contribution in [1.82, 2.24) is 9.88 Å². The standard InChI is InChI=1S/C14H21N3O2/c1-10-4-6-15-13(12(10)14(18)19)17(3)9-11-5-7-16(2)8-11/h4,6,11H,5,7-9H2,1-3H3,(H,18,19). The smallest absolute Gasteiger partial charge is 0.339 e. The van der Waals surface area contributed by atoms with E-state index in [0.717, 1.165) is 31.6 Å². The number of likely N-dealkylation sites (tertiary alicyclic amines) is 1. The molecule has 1 aliphatic rings. The summed E-state index contributed by atoms with van der Waals surface area (Å²) in [5, 5.41) is 9.32. The molecule has 0 bridgehead atoms. The zero-order valence-electron chi connectivity index (χ0n) is 11.8. The Bertz CT molecular complexity index is 476. The quantitative estimate of drug-likeness (QED) is 0.891. The highest BCUT2D eigenvalue weighted by Gasteiger charge is 2.24. The second kappa shape index (κ2) is 5.57. The van der Waals surface area contributed by atoms with E-state index in [1.807, 2.05) is 18.9 Å². The fourth-order valence-electron chi connectivity index (χ4n) is 2.75. The molecule has 0 spiro atoms. The third kappa shape index (κ3) is 3.04. The van der Waals surface area contributed by atoms with Gasteiger partial charge in [-0.1, -0.05) is 0 Å². The average molecular weight is 263 g/mol. The Kier molecular flexibility index (Phi) is 4.04. The zero-order valence-corrected chi connectivity index (χ0v) is 11.8. The summed E-state index contributed by atoms with van der Waals surface area (Å²) in [6.45, 7) is 4.84. The molecule has 1 saturated heterocycles. The lowest BCUT2D eigenvalue weighted by molar-refractivity contribution is 0.0696. The maximum absolute atomic E-state index is 11.4. The highest BCUT2D eigenvalue weighted by molar-refractivity contribution is 5.94. The molecule has 5 nitrogen and oxygen atoms in total. The fraction of sp³-hybridized carbons (Fsp3) is 0.571. The SMILES string of the molecule is Cc1ccnc(N(C)CC2CCN(C)C2)c1C(=O)O. The highest BCUT2D eigenvalue weighted by atomic mass is 16.4. The number of pyridine rings is 1. The molecule has 19 heavy (non-hydrogen) atoms. The van der Waals surface area contributed by atoms with Gasteiger partial charge in [-0.3, -0.25) is 0 Å². The molecule has 0 aliphatic carbocycles. The molecule has 1 unspecified atom stereocenters. The Hall–Kier alpha value is -1.62. The van der Waals surface area contributed by atoms with Gasteiger partial charge in [-0.05, 0) is 44.5 Å². The molecule has 0 amide bonds. The van der Waals surface area contributed by atoms with Crippen molar-refractivity contribution in [3.63, 3.8) is 0 Å². The normalized spacial score (nSPS) is 19.6. The Morgan fingerprint density at radius 2 is 2.37 bits per heavy atom. The van der Waals surface area contributed by atoms with Crippen LogP contribution in [-0.2, 0) is 0 Å². The lowest BCUT2D eigenvalue weighted by atomic mass is 10.1. The summed E-state index contributed by atoms with van der Waals surface area (Å²) in [4.78, 5) is 19.9. The van der Waals surface area contributed by atoms with E-state index in [9.17, 15) is 9.90 Å². The van der Waals surface area contributed by atoms with E-state index in [4.69, 9.17) is 0 Å². The predicted octanol–water partition coefficient (Wildman–Crippen LogP) is 1.48. The van der Waals surface area contributed by atoms with Crippen molar-refractivity contribution >= 4 is 11.8 Å². The van der Waals surface area contributed by atoms with Crippen LogP contribution in [0.3, 0.4) is 0 Å². The fourth-order valence-corrected chi connectivity index (χ4v) is 2.75. The van der Waals surface area contributed by atoms with Gasteiger partial charge in [-0.2, -0.15) is 0 Å². The van der Waals surface area contributed by atoms with Crippen LogP contribution in [0.4, 0.5) is 5.82 Å². The number of hydrogen-bond acceptors (Lipinski definition) is 4. The van der Waals surface area contributed by atoms with Gasteiger partial charge in [0.25, 0.3) is 0 Å². The van der Waals surface area contributed by atoms with E-state index < -0.39 is 5.97 Å². The van der Waals surface area contributed by atoms with Crippen molar-refractivity contribution < 1.29 is 9.90 Å². The minimum Gasteiger partial charge on any atom is -0.478 e. The van der Waals surface area contributed by atoms with E-state index in [2.05, 4.69) is 16.9 Å². The molecule has 1 fully saturated rings. The molecule has 1 aromatic heterocycles. The molecule has 1 atom stereocenters. The van der Waals surface area contributed by atoms with Crippen molar-refractivity contribution in [2.24, 2.45) is 5.92 Å². The molecule has 0 radical (unpaired) electrons. The lowest BCUT2D eigenvalue weighted by Gasteiger charge is -2.24. The van der Waals surface area contributed by atoms with Crippen molar-refractivity contribution in [2.45, 2.75) is 13.3 Å². The minimum atomic E-state index is -0.906. The van der Waals surface area contributed by atoms with Crippen LogP contribution >= 0.6 is 0 Å². The molecular formula is C14H21N3O2. The van der Waals surface area contributed by atoms with Gasteiger partial charge in [0.1, 0.15) is 11.4 Å². The number of aryl methyl sites for hydroxylation is 1. The summed E-state index contributed by atoms with van der Waals surface area (Å²) in [6, 6.07) is 1.74. The van der Waals surface area contributed by atoms with Crippen LogP contribution in [-0.4, -0.2) is 54.7 Å². The first-order chi connectivity index (χ1) is 8.99. The Morgan fingerprint density at radius 1 is 1.63 bits per heavy atom. The minimum absolute atomic E-state index is 0.316. The number of rotatable bonds is 4. The van der Waals surface area contributed by atoms with E-state index in [1.165, 1.54) is 0 Å². The topological polar surface area (TPSA) is 56.7 Å². The van der Waals surface area contributed by atoms with Gasteiger partial charge in [0.2, 0.25) is 0 Å². The molecule has 1 aromatic rings. The van der Waals surface area contributed by atoms with E-state index in [-0.39, 0.29) is 0 Å². The summed E-state index contributed by atoms with van der Waals surface area (Å²) in [5.41, 5.74) is 1.07. The van der Waals surface area contributed by atoms with Crippen LogP contribution < -0.4 is 4.90 Å². The molecule has 2 heterocycles. The number of carboxylic acids is 1. The largest absolute Gasteiger partial charge is 0.478 e. The van der Waals surface area contributed by atoms with E-state index >= 15 is 0 Å². The molecule has 1 N–H and O–H groups in total. The number of aromatic nitrogens is 1. The van der Waals surface area contributed by atoms with Crippen molar-refractivity contribution in [3.8, 4) is 0 Å². The van der Waals surface area contributed by atoms with Crippen LogP contribution in [0.1, 0.15) is 22.3 Å². The van der Waals surface area contributed by atoms with Gasteiger partial charge in [-0.25, -0.2) is 9.78 Å². The summed E-state index contributed by atoms with van der Waals surface area (Å²) in [7, 11) is 4.04. The number of anilines is 1. The number of nitrogens with zero attached hydrogens (tertiary/aromatic N) is 3. The number of hydrogen-bond donors (Lipinski definition) is 1. The van der Waals surface area contributed by atoms with Gasteiger partial charge < -0.3 is 14.9 Å². The van der Waals surface area contributed by atoms with Gasteiger partial charge >= 0.3 is 5.97 Å². The summed E-state index contributed by atoms with van der Waals surface area (Å²) >= 11 is 0. The Morgan fingerprint density at radius 3 is 2.95 bits per heavy atom. The predicted molar refractivity (Wildman–Crippen MR) is 74.8 cm³/mol. The summed E-state index contributed by atoms with van der Waals surface area (Å²) in [6.07, 6.45) is 2.84. The van der Waals surface area contributed by atoms with E-state index in [0.29, 0.717) is 17.3 Å². The first-order valence-electron chi connectivity index (χ1n) is 6.57. The second-order valence-electron chi connectivity index (χ2n) is 5.43. The zero-order chi connectivity index (χ0) is 14.0. The molecular weight excluding hydrogens is 242 g/mol. The van der Waals surface area contributed by atoms with Crippen molar-refractivity contribution in [2.75, 3.05) is 38.6 Å². The first kappa shape index (κ1) is 13.8. The first-order valence-corrected chi connectivity index (χ1v) is 6.57. The number of carboxylic acid groups (broad SMARTS) is 1. The van der Waals surface area contributed by atoms with Gasteiger partial charge in [-0.15, -0.1) is 0 Å². The average Bonchev–Trinajstić information content (AvgIpc) is 2.73. The van der Waals surface area contributed by atoms with Crippen LogP contribution in [0.25, 0.3) is 0 Å². The molecule has 104 valence electrons. The molecule has 0 aromatic carbocycles. The summed E-state index contributed by atoms with van der Waals surface area (Å²) in [5.74, 6) is 0.247. The van der Waals surface area contributed by atoms with E-state index in [1.54, 1.807) is 12.3 Å². The third-order valence-corrected chi connectivity index (χ3v) is 3.74. The highest BCUT2D eigenvalue weighted by Crippen LogP contribution is 2.23. The van der Waals surface area contributed by atoms with Crippen molar-refractivity contribution in [3.05, 3.63) is 23.4 Å². The maximum Gasteiger partial charge on any atom is 0.339 e. The third-order valence-electron chi connectivity index (χ3n) is 3.74. The molecule has 5 heteroatoms. The number of aromatic carboxylic acids is 1. The van der Waals surface area contributed by atoms with Crippen LogP contribution in [0, 0.1) is 12.8 Å². The molecule has 0 saturated carbocycles. The monoisotopic (exact) mass is 263 g/mol. The van der Waals surface area contributed by atoms with Crippen LogP contribution in [0.15, 0.2) is 12.3 Å². The molecule has 2 rings (SSSR count). The molecule has 1 aliphatic heterocycles. The Balaban J connectivity index is 2.17. The van der Waals surface area contributed by atoms with Crippen LogP contribution in [0.5, 0.6) is 0 Å². The van der Waals surface area contributed by atoms with Gasteiger partial charge in [0.05, 0.1) is 0 Å². The second-order valence-corrected chi connectivity index (χ2v) is 5.43. The number of carbonyl (C=O) groups is 1. The Labute approximate surface area is 113 Å². The van der Waals surface area contributed by atoms with Gasteiger partial charge in [0, 0.05) is 26.3 Å². The summed E-state index contributed by atoms with van der Waals surface area (Å²) < 4.78 is 0. The van der Waals surface area contributed by atoms with Crippen molar-refractivity contribution in [1.29, 1.82) is 0 Å². The maximum atomic E-state index is 11.4. The van der Waals surface area contributed by atoms with Crippen LogP contribution in [0.2, 0.25) is 0 Å².